The number of nitrogens with zero attached hydrogens (tertiary/aromatic N) is 2. The van der Waals surface area contributed by atoms with Gasteiger partial charge in [0.25, 0.3) is 5.91 Å². The van der Waals surface area contributed by atoms with E-state index in [4.69, 9.17) is 9.47 Å². The molecule has 1 fully saturated rings. The number of unbranched alkanes of at least 4 members (excludes halogenated alkanes) is 13. The molecule has 0 unspecified atom stereocenters. The van der Waals surface area contributed by atoms with Crippen molar-refractivity contribution in [1.82, 2.24) is 9.55 Å². The highest BCUT2D eigenvalue weighted by Crippen LogP contribution is 2.28. The van der Waals surface area contributed by atoms with Crippen molar-refractivity contribution < 1.29 is 34.4 Å². The molecule has 11 nitrogen and oxygen atoms in total. The molecule has 0 bridgehead atoms. The van der Waals surface area contributed by atoms with Crippen molar-refractivity contribution >= 4 is 17.7 Å². The second-order valence-electron chi connectivity index (χ2n) is 11.5. The highest BCUT2D eigenvalue weighted by atomic mass is 16.6. The molecular weight excluding hydrogens is 566 g/mol. The average molecular weight is 616 g/mol. The molecule has 1 aromatic carbocycles. The van der Waals surface area contributed by atoms with Gasteiger partial charge in [0, 0.05) is 11.8 Å². The number of aromatic nitrogens is 2. The van der Waals surface area contributed by atoms with E-state index in [0.29, 0.717) is 6.61 Å². The van der Waals surface area contributed by atoms with Gasteiger partial charge in [-0.2, -0.15) is 4.98 Å². The Labute approximate surface area is 259 Å². The number of aliphatic hydroxyl groups excluding tert-OH is 3. The maximum Gasteiger partial charge on any atom is 0.351 e. The Morgan fingerprint density at radius 2 is 1.48 bits per heavy atom. The highest BCUT2D eigenvalue weighted by Gasteiger charge is 2.43. The maximum absolute atomic E-state index is 12.8. The number of esters is 1. The Bertz CT molecular complexity index is 1220. The molecule has 2 aromatic rings. The summed E-state index contributed by atoms with van der Waals surface area (Å²) in [6.07, 6.45) is 13.7. The molecule has 1 saturated heterocycles. The summed E-state index contributed by atoms with van der Waals surface area (Å²) in [5.41, 5.74) is -0.403. The lowest BCUT2D eigenvalue weighted by atomic mass is 10.0. The molecule has 244 valence electrons. The lowest BCUT2D eigenvalue weighted by Gasteiger charge is -2.17. The van der Waals surface area contributed by atoms with Crippen molar-refractivity contribution in [3.05, 3.63) is 58.1 Å². The van der Waals surface area contributed by atoms with E-state index in [1.807, 2.05) is 0 Å². The summed E-state index contributed by atoms with van der Waals surface area (Å²) < 4.78 is 11.7. The molecule has 0 radical (unpaired) electrons. The van der Waals surface area contributed by atoms with Gasteiger partial charge in [0.15, 0.2) is 6.23 Å². The molecule has 1 amide bonds. The summed E-state index contributed by atoms with van der Waals surface area (Å²) >= 11 is 0. The van der Waals surface area contributed by atoms with Gasteiger partial charge >= 0.3 is 11.7 Å². The van der Waals surface area contributed by atoms with Crippen molar-refractivity contribution in [3.8, 4) is 0 Å². The first kappa shape index (κ1) is 35.4. The second kappa shape index (κ2) is 19.3. The van der Waals surface area contributed by atoms with Crippen LogP contribution in [0.15, 0.2) is 41.3 Å². The normalized spacial score (nSPS) is 19.6. The minimum Gasteiger partial charge on any atom is -0.462 e. The van der Waals surface area contributed by atoms with E-state index in [9.17, 15) is 29.7 Å². The van der Waals surface area contributed by atoms with Gasteiger partial charge in [-0.1, -0.05) is 96.5 Å². The van der Waals surface area contributed by atoms with E-state index in [2.05, 4.69) is 17.2 Å². The maximum atomic E-state index is 12.8. The van der Waals surface area contributed by atoms with Crippen LogP contribution in [-0.2, 0) is 9.47 Å². The molecule has 4 atom stereocenters. The minimum absolute atomic E-state index is 0.0474. The van der Waals surface area contributed by atoms with Gasteiger partial charge in [0.1, 0.15) is 24.1 Å². The number of amides is 1. The van der Waals surface area contributed by atoms with E-state index < -0.39 is 48.7 Å². The number of hydrogen-bond acceptors (Lipinski definition) is 9. The number of anilines is 1. The Hall–Kier alpha value is -3.12. The number of carbonyl (C=O) groups excluding carboxylic acids is 2. The zero-order valence-electron chi connectivity index (χ0n) is 25.9. The number of rotatable bonds is 20. The van der Waals surface area contributed by atoms with Gasteiger partial charge in [-0.15, -0.1) is 0 Å². The first-order valence-electron chi connectivity index (χ1n) is 16.2. The fourth-order valence-electron chi connectivity index (χ4n) is 5.31. The van der Waals surface area contributed by atoms with Crippen molar-refractivity contribution in [2.45, 2.75) is 121 Å². The third kappa shape index (κ3) is 11.1. The lowest BCUT2D eigenvalue weighted by Crippen LogP contribution is -2.36. The summed E-state index contributed by atoms with van der Waals surface area (Å²) in [6.45, 7) is 2.04. The zero-order valence-corrected chi connectivity index (χ0v) is 25.9. The van der Waals surface area contributed by atoms with Crippen LogP contribution in [0.25, 0.3) is 0 Å². The molecule has 0 spiro atoms. The summed E-state index contributed by atoms with van der Waals surface area (Å²) in [6, 6.07) is 7.43. The van der Waals surface area contributed by atoms with E-state index >= 15 is 0 Å². The van der Waals surface area contributed by atoms with Crippen LogP contribution in [0.5, 0.6) is 0 Å². The van der Waals surface area contributed by atoms with Gasteiger partial charge in [-0.25, -0.2) is 9.59 Å². The molecule has 11 heteroatoms. The van der Waals surface area contributed by atoms with Crippen LogP contribution in [-0.4, -0.2) is 68.3 Å². The lowest BCUT2D eigenvalue weighted by molar-refractivity contribution is -0.0549. The summed E-state index contributed by atoms with van der Waals surface area (Å²) in [7, 11) is 0. The van der Waals surface area contributed by atoms with Crippen LogP contribution < -0.4 is 11.0 Å². The number of hydrogen-bond donors (Lipinski definition) is 4. The fraction of sp³-hybridized carbons (Fsp3) is 0.636. The van der Waals surface area contributed by atoms with Crippen LogP contribution in [0.1, 0.15) is 124 Å². The number of carbonyl (C=O) groups is 2. The number of aliphatic hydroxyl groups is 3. The van der Waals surface area contributed by atoms with Crippen LogP contribution in [0.2, 0.25) is 0 Å². The van der Waals surface area contributed by atoms with E-state index in [1.54, 1.807) is 12.1 Å². The van der Waals surface area contributed by atoms with Crippen molar-refractivity contribution in [2.75, 3.05) is 18.5 Å². The van der Waals surface area contributed by atoms with Crippen molar-refractivity contribution in [2.24, 2.45) is 0 Å². The predicted molar refractivity (Wildman–Crippen MR) is 166 cm³/mol. The summed E-state index contributed by atoms with van der Waals surface area (Å²) in [5, 5.41) is 31.9. The molecule has 4 N–H and O–H groups in total. The fourth-order valence-corrected chi connectivity index (χ4v) is 5.31. The quantitative estimate of drug-likeness (QED) is 0.122. The zero-order chi connectivity index (χ0) is 31.7. The van der Waals surface area contributed by atoms with Crippen LogP contribution in [0.4, 0.5) is 5.82 Å². The van der Waals surface area contributed by atoms with Gasteiger partial charge in [-0.05, 0) is 30.7 Å². The highest BCUT2D eigenvalue weighted by molar-refractivity contribution is 6.05. The number of nitrogens with one attached hydrogen (secondary N) is 1. The molecule has 1 aliphatic heterocycles. The molecular formula is C33H49N3O8. The molecule has 44 heavy (non-hydrogen) atoms. The molecule has 1 aliphatic rings. The van der Waals surface area contributed by atoms with Crippen LogP contribution in [0, 0.1) is 0 Å². The smallest absolute Gasteiger partial charge is 0.351 e. The Morgan fingerprint density at radius 1 is 0.886 bits per heavy atom. The third-order valence-electron chi connectivity index (χ3n) is 7.95. The largest absolute Gasteiger partial charge is 0.462 e. The first-order valence-corrected chi connectivity index (χ1v) is 16.2. The van der Waals surface area contributed by atoms with Gasteiger partial charge in [-0.3, -0.25) is 9.36 Å². The van der Waals surface area contributed by atoms with Gasteiger partial charge < -0.3 is 30.1 Å². The summed E-state index contributed by atoms with van der Waals surface area (Å²) in [4.78, 5) is 41.7. The monoisotopic (exact) mass is 615 g/mol. The van der Waals surface area contributed by atoms with E-state index in [0.717, 1.165) is 23.8 Å². The minimum atomic E-state index is -1.44. The van der Waals surface area contributed by atoms with Crippen molar-refractivity contribution in [3.63, 3.8) is 0 Å². The Kier molecular flexibility index (Phi) is 15.5. The standard InChI is InChI=1S/C33H49N3O8/c1-2-3-4-5-6-7-8-9-10-11-12-13-14-15-21-43-32(41)25-18-16-17-24(22-25)30(40)34-27-19-20-36(33(42)35-27)31-29(39)28(38)26(23-37)44-31/h16-20,22,26,28-29,31,37-39H,2-15,21,23H2,1H3,(H,34,35,40,42)/t26-,28-,29+,31-/m1/s1. The average Bonchev–Trinajstić information content (AvgIpc) is 3.31. The Balaban J connectivity index is 1.34. The van der Waals surface area contributed by atoms with Crippen LogP contribution in [0.3, 0.4) is 0 Å². The number of benzene rings is 1. The first-order chi connectivity index (χ1) is 21.3. The molecule has 0 aliphatic carbocycles. The third-order valence-corrected chi connectivity index (χ3v) is 7.95. The van der Waals surface area contributed by atoms with Gasteiger partial charge in [0.2, 0.25) is 0 Å². The number of ether oxygens (including phenoxy) is 2. The predicted octanol–water partition coefficient (Wildman–Crippen LogP) is 4.75. The molecule has 1 aromatic heterocycles. The molecule has 2 heterocycles. The summed E-state index contributed by atoms with van der Waals surface area (Å²) in [5.74, 6) is -1.13. The topological polar surface area (TPSA) is 160 Å². The molecule has 3 rings (SSSR count). The van der Waals surface area contributed by atoms with E-state index in [1.165, 1.54) is 95.0 Å². The SMILES string of the molecule is CCCCCCCCCCCCCCCCOC(=O)c1cccc(C(=O)Nc2ccn([C@@H]3O[C@H](CO)[C@@H](O)[C@@H]3O)c(=O)n2)c1. The van der Waals surface area contributed by atoms with Gasteiger partial charge in [0.05, 0.1) is 18.8 Å². The second-order valence-corrected chi connectivity index (χ2v) is 11.5. The Morgan fingerprint density at radius 3 is 2.05 bits per heavy atom. The van der Waals surface area contributed by atoms with E-state index in [-0.39, 0.29) is 16.9 Å². The molecule has 0 saturated carbocycles. The van der Waals surface area contributed by atoms with Crippen molar-refractivity contribution in [1.29, 1.82) is 0 Å². The van der Waals surface area contributed by atoms with Crippen LogP contribution >= 0.6 is 0 Å².